The molecule has 0 aromatic rings. The molecule has 148 valence electrons. The predicted octanol–water partition coefficient (Wildman–Crippen LogP) is 2.59. The van der Waals surface area contributed by atoms with Gasteiger partial charge < -0.3 is 19.9 Å². The summed E-state index contributed by atoms with van der Waals surface area (Å²) < 4.78 is 0. The summed E-state index contributed by atoms with van der Waals surface area (Å²) in [5.41, 5.74) is 0. The molecule has 0 spiro atoms. The lowest BCUT2D eigenvalue weighted by molar-refractivity contribution is -0.122. The fraction of sp³-hybridized carbons (Fsp3) is 0.900. The van der Waals surface area contributed by atoms with E-state index in [9.17, 15) is 9.59 Å². The molecule has 1 aliphatic rings. The molecule has 0 unspecified atom stereocenters. The lowest BCUT2D eigenvalue weighted by Gasteiger charge is -2.32. The van der Waals surface area contributed by atoms with Gasteiger partial charge in [0.2, 0.25) is 0 Å². The van der Waals surface area contributed by atoms with Crippen LogP contribution < -0.4 is 5.32 Å². The number of unbranched alkanes of at least 4 members (excludes halogenated alkanes) is 3. The Morgan fingerprint density at radius 1 is 1.00 bits per heavy atom. The quantitative estimate of drug-likeness (QED) is 0.456. The minimum absolute atomic E-state index is 0.218. The van der Waals surface area contributed by atoms with E-state index in [1.165, 1.54) is 52.0 Å². The van der Waals surface area contributed by atoms with E-state index in [0.29, 0.717) is 18.4 Å². The molecule has 1 rings (SSSR count). The van der Waals surface area contributed by atoms with Crippen molar-refractivity contribution in [2.45, 2.75) is 65.8 Å². The second-order valence-electron chi connectivity index (χ2n) is 7.66. The van der Waals surface area contributed by atoms with Gasteiger partial charge in [0, 0.05) is 44.6 Å². The van der Waals surface area contributed by atoms with Crippen LogP contribution in [-0.2, 0) is 9.59 Å². The van der Waals surface area contributed by atoms with Crippen LogP contribution in [0, 0.1) is 5.92 Å². The predicted molar refractivity (Wildman–Crippen MR) is 106 cm³/mol. The van der Waals surface area contributed by atoms with Crippen LogP contribution in [0.1, 0.15) is 59.8 Å². The number of nitrogens with zero attached hydrogens (tertiary/aromatic N) is 2. The number of hydrogen-bond donors (Lipinski definition) is 1. The average molecular weight is 356 g/mol. The van der Waals surface area contributed by atoms with Crippen molar-refractivity contribution in [1.29, 1.82) is 0 Å². The SMILES string of the molecule is CC(C)C(=O)CCCCCCN1CCN(C)CC1.CC(C)NCC=O. The Morgan fingerprint density at radius 3 is 2.08 bits per heavy atom. The molecule has 25 heavy (non-hydrogen) atoms. The number of carbonyl (C=O) groups is 2. The first-order chi connectivity index (χ1) is 11.9. The molecular formula is C20H41N3O2. The van der Waals surface area contributed by atoms with Crippen molar-refractivity contribution >= 4 is 12.1 Å². The van der Waals surface area contributed by atoms with Crippen molar-refractivity contribution in [3.8, 4) is 0 Å². The van der Waals surface area contributed by atoms with E-state index in [0.717, 1.165) is 19.1 Å². The van der Waals surface area contributed by atoms with Gasteiger partial charge in [-0.05, 0) is 26.4 Å². The number of ketones is 1. The summed E-state index contributed by atoms with van der Waals surface area (Å²) in [6.07, 6.45) is 6.51. The van der Waals surface area contributed by atoms with Crippen LogP contribution in [0.4, 0.5) is 0 Å². The van der Waals surface area contributed by atoms with Crippen LogP contribution in [0.15, 0.2) is 0 Å². The van der Waals surface area contributed by atoms with Crippen LogP contribution in [0.25, 0.3) is 0 Å². The first kappa shape index (κ1) is 24.2. The van der Waals surface area contributed by atoms with Crippen LogP contribution in [0.2, 0.25) is 0 Å². The van der Waals surface area contributed by atoms with Gasteiger partial charge in [0.15, 0.2) is 0 Å². The lowest BCUT2D eigenvalue weighted by Crippen LogP contribution is -2.44. The molecule has 0 saturated carbocycles. The zero-order valence-electron chi connectivity index (χ0n) is 17.2. The summed E-state index contributed by atoms with van der Waals surface area (Å²) in [7, 11) is 2.20. The zero-order valence-corrected chi connectivity index (χ0v) is 17.2. The maximum Gasteiger partial charge on any atom is 0.135 e. The molecule has 0 amide bonds. The molecule has 1 heterocycles. The third kappa shape index (κ3) is 15.2. The molecule has 0 aromatic carbocycles. The number of likely N-dealkylation sites (N-methyl/N-ethyl adjacent to an activating group) is 1. The molecule has 1 fully saturated rings. The third-order valence-corrected chi connectivity index (χ3v) is 4.50. The standard InChI is InChI=1S/C15H30N2O.C5H11NO/c1-14(2)15(18)8-6-4-5-7-9-17-12-10-16(3)11-13-17;1-5(2)6-3-4-7/h14H,4-13H2,1-3H3;4-6H,3H2,1-2H3. The molecular weight excluding hydrogens is 314 g/mol. The van der Waals surface area contributed by atoms with E-state index in [1.54, 1.807) is 0 Å². The Balaban J connectivity index is 0.000000697. The molecule has 1 aliphatic heterocycles. The van der Waals surface area contributed by atoms with Crippen LogP contribution in [0.3, 0.4) is 0 Å². The zero-order chi connectivity index (χ0) is 19.1. The fourth-order valence-electron chi connectivity index (χ4n) is 2.63. The summed E-state index contributed by atoms with van der Waals surface area (Å²) in [5.74, 6) is 0.643. The van der Waals surface area contributed by atoms with Crippen LogP contribution >= 0.6 is 0 Å². The topological polar surface area (TPSA) is 52.7 Å². The van der Waals surface area contributed by atoms with Crippen LogP contribution in [-0.4, -0.2) is 74.2 Å². The van der Waals surface area contributed by atoms with Gasteiger partial charge in [-0.1, -0.05) is 40.5 Å². The van der Waals surface area contributed by atoms with Gasteiger partial charge in [0.05, 0.1) is 6.54 Å². The summed E-state index contributed by atoms with van der Waals surface area (Å²) in [4.78, 5) is 26.1. The average Bonchev–Trinajstić information content (AvgIpc) is 2.57. The highest BCUT2D eigenvalue weighted by molar-refractivity contribution is 5.80. The Hall–Kier alpha value is -0.780. The molecule has 5 nitrogen and oxygen atoms in total. The largest absolute Gasteiger partial charge is 0.308 e. The molecule has 0 radical (unpaired) electrons. The molecule has 1 saturated heterocycles. The van der Waals surface area contributed by atoms with Gasteiger partial charge in [-0.15, -0.1) is 0 Å². The van der Waals surface area contributed by atoms with Gasteiger partial charge in [0.25, 0.3) is 0 Å². The smallest absolute Gasteiger partial charge is 0.135 e. The summed E-state index contributed by atoms with van der Waals surface area (Å²) >= 11 is 0. The Labute approximate surface area is 155 Å². The minimum atomic E-state index is 0.218. The van der Waals surface area contributed by atoms with Crippen molar-refractivity contribution in [3.63, 3.8) is 0 Å². The number of nitrogens with one attached hydrogen (secondary N) is 1. The summed E-state index contributed by atoms with van der Waals surface area (Å²) in [6, 6.07) is 0.421. The van der Waals surface area contributed by atoms with Crippen molar-refractivity contribution in [3.05, 3.63) is 0 Å². The van der Waals surface area contributed by atoms with Gasteiger partial charge in [-0.2, -0.15) is 0 Å². The number of rotatable bonds is 11. The molecule has 0 atom stereocenters. The first-order valence-corrected chi connectivity index (χ1v) is 9.97. The molecule has 0 bridgehead atoms. The maximum atomic E-state index is 11.4. The fourth-order valence-corrected chi connectivity index (χ4v) is 2.63. The van der Waals surface area contributed by atoms with E-state index in [1.807, 2.05) is 27.7 Å². The Bertz CT molecular complexity index is 338. The monoisotopic (exact) mass is 355 g/mol. The molecule has 0 aromatic heterocycles. The number of carbonyl (C=O) groups excluding carboxylic acids is 2. The van der Waals surface area contributed by atoms with E-state index in [-0.39, 0.29) is 5.92 Å². The first-order valence-electron chi connectivity index (χ1n) is 9.97. The maximum absolute atomic E-state index is 11.4. The summed E-state index contributed by atoms with van der Waals surface area (Å²) in [5, 5.41) is 2.93. The Kier molecular flexibility index (Phi) is 15.0. The molecule has 1 N–H and O–H groups in total. The molecule has 5 heteroatoms. The van der Waals surface area contributed by atoms with Crippen molar-refractivity contribution in [2.75, 3.05) is 46.3 Å². The number of piperazine rings is 1. The van der Waals surface area contributed by atoms with Crippen molar-refractivity contribution < 1.29 is 9.59 Å². The van der Waals surface area contributed by atoms with Crippen LogP contribution in [0.5, 0.6) is 0 Å². The third-order valence-electron chi connectivity index (χ3n) is 4.50. The van der Waals surface area contributed by atoms with Gasteiger partial charge in [0.1, 0.15) is 12.1 Å². The lowest BCUT2D eigenvalue weighted by atomic mass is 10.0. The number of aldehydes is 1. The molecule has 0 aliphatic carbocycles. The van der Waals surface area contributed by atoms with Gasteiger partial charge >= 0.3 is 0 Å². The summed E-state index contributed by atoms with van der Waals surface area (Å²) in [6.45, 7) is 14.6. The van der Waals surface area contributed by atoms with E-state index in [4.69, 9.17) is 0 Å². The number of Topliss-reactive ketones (excluding diaryl/α,β-unsaturated/α-hetero) is 1. The second kappa shape index (κ2) is 15.5. The highest BCUT2D eigenvalue weighted by atomic mass is 16.1. The van der Waals surface area contributed by atoms with E-state index >= 15 is 0 Å². The van der Waals surface area contributed by atoms with E-state index < -0.39 is 0 Å². The minimum Gasteiger partial charge on any atom is -0.308 e. The highest BCUT2D eigenvalue weighted by Gasteiger charge is 2.12. The second-order valence-corrected chi connectivity index (χ2v) is 7.66. The van der Waals surface area contributed by atoms with Gasteiger partial charge in [-0.3, -0.25) is 4.79 Å². The van der Waals surface area contributed by atoms with Crippen molar-refractivity contribution in [2.24, 2.45) is 5.92 Å². The van der Waals surface area contributed by atoms with E-state index in [2.05, 4.69) is 22.2 Å². The highest BCUT2D eigenvalue weighted by Crippen LogP contribution is 2.09. The Morgan fingerprint density at radius 2 is 1.60 bits per heavy atom. The normalized spacial score (nSPS) is 16.0. The van der Waals surface area contributed by atoms with Gasteiger partial charge in [-0.25, -0.2) is 0 Å². The van der Waals surface area contributed by atoms with Crippen molar-refractivity contribution in [1.82, 2.24) is 15.1 Å². The number of hydrogen-bond acceptors (Lipinski definition) is 5.